The van der Waals surface area contributed by atoms with Gasteiger partial charge in [0.05, 0.1) is 0 Å². The van der Waals surface area contributed by atoms with Crippen LogP contribution in [0.1, 0.15) is 52.5 Å². The molecule has 0 atom stereocenters. The maximum atomic E-state index is 11.6. The molecule has 0 spiro atoms. The number of para-hydroxylation sites is 1. The molecule has 0 aliphatic rings. The van der Waals surface area contributed by atoms with Crippen molar-refractivity contribution in [2.75, 3.05) is 6.54 Å². The molecule has 0 aromatic heterocycles. The summed E-state index contributed by atoms with van der Waals surface area (Å²) in [5.41, 5.74) is 0.929. The predicted octanol–water partition coefficient (Wildman–Crippen LogP) is 3.71. The highest BCUT2D eigenvalue weighted by atomic mass is 16.5. The second kappa shape index (κ2) is 7.93. The Hall–Kier alpha value is -1.51. The van der Waals surface area contributed by atoms with Gasteiger partial charge in [0.15, 0.2) is 0 Å². The van der Waals surface area contributed by atoms with Crippen LogP contribution in [0.5, 0.6) is 5.75 Å². The third kappa shape index (κ3) is 6.60. The van der Waals surface area contributed by atoms with Crippen LogP contribution in [-0.2, 0) is 11.2 Å². The Morgan fingerprint density at radius 3 is 2.60 bits per heavy atom. The number of amides is 1. The van der Waals surface area contributed by atoms with E-state index in [0.717, 1.165) is 30.6 Å². The quantitative estimate of drug-likeness (QED) is 0.825. The molecule has 1 aromatic carbocycles. The van der Waals surface area contributed by atoms with E-state index in [1.165, 1.54) is 0 Å². The zero-order chi connectivity index (χ0) is 15.0. The third-order valence-corrected chi connectivity index (χ3v) is 2.86. The number of rotatable bonds is 7. The number of benzene rings is 1. The maximum absolute atomic E-state index is 11.6. The first-order valence-corrected chi connectivity index (χ1v) is 7.46. The van der Waals surface area contributed by atoms with E-state index in [4.69, 9.17) is 4.74 Å². The molecule has 1 amide bonds. The van der Waals surface area contributed by atoms with E-state index >= 15 is 0 Å². The molecule has 0 bridgehead atoms. The number of hydrogen-bond donors (Lipinski definition) is 1. The van der Waals surface area contributed by atoms with Crippen molar-refractivity contribution in [3.05, 3.63) is 29.8 Å². The highest BCUT2D eigenvalue weighted by molar-refractivity contribution is 5.75. The molecule has 0 heterocycles. The zero-order valence-electron chi connectivity index (χ0n) is 13.2. The van der Waals surface area contributed by atoms with Gasteiger partial charge in [-0.15, -0.1) is 0 Å². The molecule has 1 rings (SSSR count). The van der Waals surface area contributed by atoms with E-state index < -0.39 is 0 Å². The van der Waals surface area contributed by atoms with Crippen LogP contribution < -0.4 is 10.1 Å². The minimum atomic E-state index is -0.208. The molecular weight excluding hydrogens is 250 g/mol. The lowest BCUT2D eigenvalue weighted by Crippen LogP contribution is -2.26. The Morgan fingerprint density at radius 2 is 1.95 bits per heavy atom. The molecule has 1 N–H and O–H groups in total. The van der Waals surface area contributed by atoms with Crippen molar-refractivity contribution < 1.29 is 9.53 Å². The van der Waals surface area contributed by atoms with Gasteiger partial charge in [0.1, 0.15) is 11.4 Å². The van der Waals surface area contributed by atoms with Gasteiger partial charge in [-0.2, -0.15) is 0 Å². The molecule has 112 valence electrons. The van der Waals surface area contributed by atoms with Crippen molar-refractivity contribution in [1.82, 2.24) is 5.32 Å². The lowest BCUT2D eigenvalue weighted by Gasteiger charge is -2.23. The van der Waals surface area contributed by atoms with E-state index in [-0.39, 0.29) is 11.5 Å². The van der Waals surface area contributed by atoms with Gasteiger partial charge in [-0.25, -0.2) is 0 Å². The molecular formula is C17H27NO2. The van der Waals surface area contributed by atoms with Crippen LogP contribution in [0.3, 0.4) is 0 Å². The van der Waals surface area contributed by atoms with Gasteiger partial charge in [-0.1, -0.05) is 31.5 Å². The van der Waals surface area contributed by atoms with Gasteiger partial charge < -0.3 is 10.1 Å². The van der Waals surface area contributed by atoms with Crippen molar-refractivity contribution in [1.29, 1.82) is 0 Å². The van der Waals surface area contributed by atoms with Gasteiger partial charge in [0.25, 0.3) is 0 Å². The molecule has 0 fully saturated rings. The van der Waals surface area contributed by atoms with Crippen LogP contribution in [0.25, 0.3) is 0 Å². The van der Waals surface area contributed by atoms with Gasteiger partial charge in [0, 0.05) is 13.0 Å². The van der Waals surface area contributed by atoms with E-state index in [1.54, 1.807) is 0 Å². The molecule has 3 nitrogen and oxygen atoms in total. The van der Waals surface area contributed by atoms with E-state index in [2.05, 4.69) is 18.3 Å². The molecule has 0 saturated heterocycles. The lowest BCUT2D eigenvalue weighted by atomic mass is 10.1. The topological polar surface area (TPSA) is 38.3 Å². The van der Waals surface area contributed by atoms with E-state index in [9.17, 15) is 4.79 Å². The minimum absolute atomic E-state index is 0.140. The Balaban J connectivity index is 2.49. The largest absolute Gasteiger partial charge is 0.488 e. The number of carbonyl (C=O) groups is 1. The fourth-order valence-corrected chi connectivity index (χ4v) is 1.90. The smallest absolute Gasteiger partial charge is 0.220 e. The standard InChI is InChI=1S/C17H27NO2/c1-5-6-11-16(19)18-13-12-14-9-7-8-10-15(14)20-17(2,3)4/h7-10H,5-6,11-13H2,1-4H3,(H,18,19). The fraction of sp³-hybridized carbons (Fsp3) is 0.588. The van der Waals surface area contributed by atoms with Crippen LogP contribution in [0, 0.1) is 0 Å². The van der Waals surface area contributed by atoms with Crippen molar-refractivity contribution in [3.8, 4) is 5.75 Å². The van der Waals surface area contributed by atoms with Gasteiger partial charge in [-0.05, 0) is 45.2 Å². The maximum Gasteiger partial charge on any atom is 0.220 e. The summed E-state index contributed by atoms with van der Waals surface area (Å²) in [6.07, 6.45) is 3.42. The van der Waals surface area contributed by atoms with E-state index in [0.29, 0.717) is 13.0 Å². The minimum Gasteiger partial charge on any atom is -0.488 e. The van der Waals surface area contributed by atoms with Crippen molar-refractivity contribution in [3.63, 3.8) is 0 Å². The molecule has 0 radical (unpaired) electrons. The van der Waals surface area contributed by atoms with Crippen molar-refractivity contribution in [2.45, 2.75) is 59.0 Å². The van der Waals surface area contributed by atoms with Crippen LogP contribution in [0.15, 0.2) is 24.3 Å². The summed E-state index contributed by atoms with van der Waals surface area (Å²) in [6.45, 7) is 8.86. The molecule has 0 aliphatic carbocycles. The van der Waals surface area contributed by atoms with Gasteiger partial charge in [0.2, 0.25) is 5.91 Å². The number of unbranched alkanes of at least 4 members (excludes halogenated alkanes) is 1. The van der Waals surface area contributed by atoms with Crippen LogP contribution in [-0.4, -0.2) is 18.1 Å². The molecule has 0 aliphatic heterocycles. The second-order valence-corrected chi connectivity index (χ2v) is 6.03. The highest BCUT2D eigenvalue weighted by Crippen LogP contribution is 2.23. The first kappa shape index (κ1) is 16.5. The van der Waals surface area contributed by atoms with E-state index in [1.807, 2.05) is 39.0 Å². The lowest BCUT2D eigenvalue weighted by molar-refractivity contribution is -0.121. The molecule has 20 heavy (non-hydrogen) atoms. The Kier molecular flexibility index (Phi) is 6.56. The monoisotopic (exact) mass is 277 g/mol. The summed E-state index contributed by atoms with van der Waals surface area (Å²) in [6, 6.07) is 8.02. The summed E-state index contributed by atoms with van der Waals surface area (Å²) in [5.74, 6) is 1.05. The zero-order valence-corrected chi connectivity index (χ0v) is 13.2. The average Bonchev–Trinajstić information content (AvgIpc) is 2.36. The summed E-state index contributed by atoms with van der Waals surface area (Å²) in [4.78, 5) is 11.6. The number of hydrogen-bond acceptors (Lipinski definition) is 2. The first-order chi connectivity index (χ1) is 9.42. The van der Waals surface area contributed by atoms with Crippen LogP contribution in [0.4, 0.5) is 0 Å². The SMILES string of the molecule is CCCCC(=O)NCCc1ccccc1OC(C)(C)C. The summed E-state index contributed by atoms with van der Waals surface area (Å²) in [5, 5.41) is 2.96. The normalized spacial score (nSPS) is 11.2. The first-order valence-electron chi connectivity index (χ1n) is 7.46. The Labute approximate surface area is 122 Å². The van der Waals surface area contributed by atoms with Gasteiger partial charge >= 0.3 is 0 Å². The van der Waals surface area contributed by atoms with Crippen LogP contribution >= 0.6 is 0 Å². The van der Waals surface area contributed by atoms with Gasteiger partial charge in [-0.3, -0.25) is 4.79 Å². The summed E-state index contributed by atoms with van der Waals surface area (Å²) in [7, 11) is 0. The molecule has 0 saturated carbocycles. The molecule has 0 unspecified atom stereocenters. The molecule has 1 aromatic rings. The van der Waals surface area contributed by atoms with Crippen molar-refractivity contribution >= 4 is 5.91 Å². The molecule has 3 heteroatoms. The van der Waals surface area contributed by atoms with Crippen LogP contribution in [0.2, 0.25) is 0 Å². The Bertz CT molecular complexity index is 421. The highest BCUT2D eigenvalue weighted by Gasteiger charge is 2.14. The number of carbonyl (C=O) groups excluding carboxylic acids is 1. The predicted molar refractivity (Wildman–Crippen MR) is 83.1 cm³/mol. The Morgan fingerprint density at radius 1 is 1.25 bits per heavy atom. The third-order valence-electron chi connectivity index (χ3n) is 2.86. The second-order valence-electron chi connectivity index (χ2n) is 6.03. The van der Waals surface area contributed by atoms with Crippen molar-refractivity contribution in [2.24, 2.45) is 0 Å². The number of nitrogens with one attached hydrogen (secondary N) is 1. The average molecular weight is 277 g/mol. The summed E-state index contributed by atoms with van der Waals surface area (Å²) >= 11 is 0. The number of ether oxygens (including phenoxy) is 1. The fourth-order valence-electron chi connectivity index (χ4n) is 1.90. The summed E-state index contributed by atoms with van der Waals surface area (Å²) < 4.78 is 5.94.